The lowest BCUT2D eigenvalue weighted by molar-refractivity contribution is -0.140. The Balaban J connectivity index is 2.09. The summed E-state index contributed by atoms with van der Waals surface area (Å²) < 4.78 is 34.7. The Morgan fingerprint density at radius 2 is 1.46 bits per heavy atom. The van der Waals surface area contributed by atoms with Gasteiger partial charge in [0.05, 0.1) is 17.7 Å². The van der Waals surface area contributed by atoms with E-state index in [2.05, 4.69) is 5.32 Å². The highest BCUT2D eigenvalue weighted by atomic mass is 32.2. The third-order valence-electron chi connectivity index (χ3n) is 7.10. The number of aryl methyl sites for hydroxylation is 2. The van der Waals surface area contributed by atoms with Crippen LogP contribution in [-0.4, -0.2) is 50.9 Å². The number of carbonyl (C=O) groups excluding carboxylic acids is 2. The monoisotopic (exact) mass is 579 g/mol. The molecule has 2 amide bonds. The number of benzene rings is 3. The molecule has 0 saturated carbocycles. The molecule has 3 aromatic rings. The molecule has 0 unspecified atom stereocenters. The van der Waals surface area contributed by atoms with E-state index in [0.29, 0.717) is 12.2 Å². The fourth-order valence-corrected chi connectivity index (χ4v) is 5.86. The van der Waals surface area contributed by atoms with E-state index in [1.165, 1.54) is 24.1 Å². The van der Waals surface area contributed by atoms with Gasteiger partial charge in [0.25, 0.3) is 10.0 Å². The topological polar surface area (TPSA) is 96.0 Å². The summed E-state index contributed by atoms with van der Waals surface area (Å²) in [4.78, 5) is 29.1. The van der Waals surface area contributed by atoms with Crippen molar-refractivity contribution in [3.8, 4) is 5.75 Å². The van der Waals surface area contributed by atoms with Gasteiger partial charge < -0.3 is 15.0 Å². The molecule has 41 heavy (non-hydrogen) atoms. The minimum atomic E-state index is -4.18. The van der Waals surface area contributed by atoms with Crippen molar-refractivity contribution in [2.24, 2.45) is 0 Å². The minimum Gasteiger partial charge on any atom is -0.495 e. The van der Waals surface area contributed by atoms with Crippen LogP contribution in [0.3, 0.4) is 0 Å². The van der Waals surface area contributed by atoms with E-state index in [1.807, 2.05) is 58.9 Å². The van der Waals surface area contributed by atoms with Crippen LogP contribution in [0.15, 0.2) is 77.7 Å². The van der Waals surface area contributed by atoms with Crippen LogP contribution < -0.4 is 14.4 Å². The van der Waals surface area contributed by atoms with Crippen molar-refractivity contribution in [2.75, 3.05) is 18.0 Å². The van der Waals surface area contributed by atoms with Crippen LogP contribution in [0.1, 0.15) is 50.3 Å². The summed E-state index contributed by atoms with van der Waals surface area (Å²) in [6.45, 7) is 9.21. The van der Waals surface area contributed by atoms with Crippen molar-refractivity contribution in [3.63, 3.8) is 0 Å². The second-order valence-electron chi connectivity index (χ2n) is 10.2. The summed E-state index contributed by atoms with van der Waals surface area (Å²) in [7, 11) is -2.73. The average molecular weight is 580 g/mol. The van der Waals surface area contributed by atoms with Gasteiger partial charge in [0.1, 0.15) is 18.3 Å². The summed E-state index contributed by atoms with van der Waals surface area (Å²) >= 11 is 0. The molecule has 1 N–H and O–H groups in total. The number of hydrogen-bond acceptors (Lipinski definition) is 5. The number of anilines is 1. The first-order valence-corrected chi connectivity index (χ1v) is 15.3. The highest BCUT2D eigenvalue weighted by Gasteiger charge is 2.34. The van der Waals surface area contributed by atoms with Crippen LogP contribution in [0.4, 0.5) is 5.69 Å². The second-order valence-corrected chi connectivity index (χ2v) is 12.1. The molecule has 0 fully saturated rings. The van der Waals surface area contributed by atoms with E-state index in [-0.39, 0.29) is 29.1 Å². The van der Waals surface area contributed by atoms with E-state index in [9.17, 15) is 18.0 Å². The van der Waals surface area contributed by atoms with E-state index in [1.54, 1.807) is 36.4 Å². The number of methoxy groups -OCH3 is 1. The predicted octanol–water partition coefficient (Wildman–Crippen LogP) is 5.23. The van der Waals surface area contributed by atoms with Gasteiger partial charge in [-0.05, 0) is 63.4 Å². The number of para-hydroxylation sites is 2. The van der Waals surface area contributed by atoms with E-state index >= 15 is 0 Å². The molecule has 3 rings (SSSR count). The summed E-state index contributed by atoms with van der Waals surface area (Å²) in [5.41, 5.74) is 3.05. The maximum atomic E-state index is 14.2. The molecule has 220 valence electrons. The molecule has 0 aliphatic heterocycles. The molecule has 8 nitrogen and oxygen atoms in total. The summed E-state index contributed by atoms with van der Waals surface area (Å²) in [6, 6.07) is 20.0. The van der Waals surface area contributed by atoms with E-state index in [4.69, 9.17) is 4.74 Å². The SMILES string of the molecule is CC[C@H](C)NC(=O)[C@H](CC)N(Cc1ccc(C)cc1)C(=O)CN(c1ccccc1OC)S(=O)(=O)c1ccc(C)cc1. The molecule has 0 aliphatic carbocycles. The minimum absolute atomic E-state index is 0.0495. The fraction of sp³-hybridized carbons (Fsp3) is 0.375. The van der Waals surface area contributed by atoms with Gasteiger partial charge in [-0.2, -0.15) is 0 Å². The Morgan fingerprint density at radius 1 is 0.878 bits per heavy atom. The average Bonchev–Trinajstić information content (AvgIpc) is 2.96. The van der Waals surface area contributed by atoms with Crippen LogP contribution in [0.5, 0.6) is 5.75 Å². The zero-order chi connectivity index (χ0) is 30.2. The van der Waals surface area contributed by atoms with Crippen molar-refractivity contribution >= 4 is 27.5 Å². The number of amides is 2. The van der Waals surface area contributed by atoms with Crippen molar-refractivity contribution < 1.29 is 22.7 Å². The molecular formula is C32H41N3O5S. The molecular weight excluding hydrogens is 538 g/mol. The van der Waals surface area contributed by atoms with Gasteiger partial charge in [-0.15, -0.1) is 0 Å². The highest BCUT2D eigenvalue weighted by molar-refractivity contribution is 7.92. The molecule has 0 aromatic heterocycles. The van der Waals surface area contributed by atoms with E-state index < -0.39 is 28.5 Å². The first-order valence-electron chi connectivity index (χ1n) is 13.9. The molecule has 3 aromatic carbocycles. The standard InChI is InChI=1S/C32H41N3O5S/c1-7-25(5)33-32(37)28(8-2)34(21-26-17-13-23(3)14-18-26)31(36)22-35(29-11-9-10-12-30(29)40-6)41(38,39)27-19-15-24(4)16-20-27/h9-20,25,28H,7-8,21-22H2,1-6H3,(H,33,37)/t25-,28-/m0/s1. The summed E-state index contributed by atoms with van der Waals surface area (Å²) in [5, 5.41) is 2.99. The molecule has 9 heteroatoms. The lowest BCUT2D eigenvalue weighted by Crippen LogP contribution is -2.53. The zero-order valence-electron chi connectivity index (χ0n) is 24.8. The maximum absolute atomic E-state index is 14.2. The van der Waals surface area contributed by atoms with Gasteiger partial charge in [0.15, 0.2) is 0 Å². The second kappa shape index (κ2) is 14.2. The Labute approximate surface area is 244 Å². The van der Waals surface area contributed by atoms with Crippen molar-refractivity contribution in [3.05, 3.63) is 89.5 Å². The number of nitrogens with one attached hydrogen (secondary N) is 1. The van der Waals surface area contributed by atoms with Crippen molar-refractivity contribution in [1.82, 2.24) is 10.2 Å². The van der Waals surface area contributed by atoms with Gasteiger partial charge in [-0.1, -0.05) is 73.5 Å². The summed E-state index contributed by atoms with van der Waals surface area (Å²) in [5.74, 6) is -0.464. The summed E-state index contributed by atoms with van der Waals surface area (Å²) in [6.07, 6.45) is 1.10. The first kappa shape index (κ1) is 31.7. The van der Waals surface area contributed by atoms with Crippen LogP contribution in [0, 0.1) is 13.8 Å². The number of rotatable bonds is 13. The van der Waals surface area contributed by atoms with Gasteiger partial charge >= 0.3 is 0 Å². The molecule has 0 spiro atoms. The first-order chi connectivity index (χ1) is 19.5. The van der Waals surface area contributed by atoms with Crippen LogP contribution >= 0.6 is 0 Å². The van der Waals surface area contributed by atoms with Gasteiger partial charge in [-0.3, -0.25) is 13.9 Å². The number of sulfonamides is 1. The Hall–Kier alpha value is -3.85. The maximum Gasteiger partial charge on any atom is 0.264 e. The third-order valence-corrected chi connectivity index (χ3v) is 8.88. The Bertz CT molecular complexity index is 1420. The van der Waals surface area contributed by atoms with Gasteiger partial charge in [-0.25, -0.2) is 8.42 Å². The lowest BCUT2D eigenvalue weighted by Gasteiger charge is -2.34. The van der Waals surface area contributed by atoms with Crippen molar-refractivity contribution in [1.29, 1.82) is 0 Å². The fourth-order valence-electron chi connectivity index (χ4n) is 4.44. The molecule has 0 saturated heterocycles. The number of nitrogens with zero attached hydrogens (tertiary/aromatic N) is 2. The number of carbonyl (C=O) groups is 2. The van der Waals surface area contributed by atoms with Crippen LogP contribution in [-0.2, 0) is 26.2 Å². The third kappa shape index (κ3) is 7.88. The smallest absolute Gasteiger partial charge is 0.264 e. The Kier molecular flexibility index (Phi) is 10.9. The highest BCUT2D eigenvalue weighted by Crippen LogP contribution is 2.32. The van der Waals surface area contributed by atoms with Gasteiger partial charge in [0, 0.05) is 12.6 Å². The van der Waals surface area contributed by atoms with Crippen LogP contribution in [0.2, 0.25) is 0 Å². The van der Waals surface area contributed by atoms with Crippen molar-refractivity contribution in [2.45, 2.75) is 71.0 Å². The molecule has 0 bridgehead atoms. The molecule has 0 aliphatic rings. The number of ether oxygens (including phenoxy) is 1. The van der Waals surface area contributed by atoms with Gasteiger partial charge in [0.2, 0.25) is 11.8 Å². The van der Waals surface area contributed by atoms with Crippen LogP contribution in [0.25, 0.3) is 0 Å². The predicted molar refractivity (Wildman–Crippen MR) is 162 cm³/mol. The quantitative estimate of drug-likeness (QED) is 0.299. The number of hydrogen-bond donors (Lipinski definition) is 1. The molecule has 0 heterocycles. The Morgan fingerprint density at radius 3 is 2.02 bits per heavy atom. The van der Waals surface area contributed by atoms with E-state index in [0.717, 1.165) is 27.4 Å². The molecule has 2 atom stereocenters. The lowest BCUT2D eigenvalue weighted by atomic mass is 10.1. The molecule has 0 radical (unpaired) electrons. The largest absolute Gasteiger partial charge is 0.495 e. The normalized spacial score (nSPS) is 12.7. The zero-order valence-corrected chi connectivity index (χ0v) is 25.6.